The van der Waals surface area contributed by atoms with Crippen LogP contribution in [0.2, 0.25) is 0 Å². The lowest BCUT2D eigenvalue weighted by molar-refractivity contribution is -0.133. The van der Waals surface area contributed by atoms with Gasteiger partial charge < -0.3 is 0 Å². The van der Waals surface area contributed by atoms with Crippen molar-refractivity contribution in [3.63, 3.8) is 0 Å². The van der Waals surface area contributed by atoms with Crippen molar-refractivity contribution in [2.24, 2.45) is 11.8 Å². The molecular weight excluding hydrogens is 232 g/mol. The minimum Gasteiger partial charge on any atom is -0.273 e. The molecule has 0 bridgehead atoms. The number of imide groups is 1. The molecule has 0 aromatic carbocycles. The molecule has 0 saturated carbocycles. The van der Waals surface area contributed by atoms with Gasteiger partial charge in [0.1, 0.15) is 0 Å². The summed E-state index contributed by atoms with van der Waals surface area (Å²) in [5.41, 5.74) is 0. The molecule has 15 heavy (non-hydrogen) atoms. The maximum atomic E-state index is 12.1. The normalized spacial score (nSPS) is 27.9. The number of halogens is 2. The first-order chi connectivity index (χ1) is 6.71. The van der Waals surface area contributed by atoms with Gasteiger partial charge >= 0.3 is 15.8 Å². The fourth-order valence-electron chi connectivity index (χ4n) is 1.24. The smallest absolute Gasteiger partial charge is 0.273 e. The molecular formula is C7H9F2NO4S. The fourth-order valence-corrected chi connectivity index (χ4v) is 2.23. The van der Waals surface area contributed by atoms with Crippen LogP contribution in [0.4, 0.5) is 8.78 Å². The maximum Gasteiger partial charge on any atom is 0.355 e. The third-order valence-electron chi connectivity index (χ3n) is 2.41. The number of hydrogen-bond donors (Lipinski definition) is 0. The first-order valence-electron chi connectivity index (χ1n) is 4.11. The summed E-state index contributed by atoms with van der Waals surface area (Å²) in [6.45, 7) is 2.65. The van der Waals surface area contributed by atoms with Crippen LogP contribution in [0.5, 0.6) is 0 Å². The van der Waals surface area contributed by atoms with Crippen LogP contribution in [0.25, 0.3) is 0 Å². The minimum atomic E-state index is -5.14. The lowest BCUT2D eigenvalue weighted by Gasteiger charge is -2.13. The highest BCUT2D eigenvalue weighted by molar-refractivity contribution is 7.90. The van der Waals surface area contributed by atoms with E-state index in [0.717, 1.165) is 0 Å². The molecule has 0 aromatic rings. The second-order valence-electron chi connectivity index (χ2n) is 3.32. The van der Waals surface area contributed by atoms with Crippen molar-refractivity contribution < 1.29 is 26.8 Å². The summed E-state index contributed by atoms with van der Waals surface area (Å²) < 4.78 is 45.9. The van der Waals surface area contributed by atoms with Gasteiger partial charge in [0.2, 0.25) is 11.8 Å². The zero-order chi connectivity index (χ0) is 12.0. The molecule has 2 amide bonds. The molecule has 2 atom stereocenters. The molecule has 0 aromatic heterocycles. The summed E-state index contributed by atoms with van der Waals surface area (Å²) >= 11 is 0. The summed E-state index contributed by atoms with van der Waals surface area (Å²) in [5, 5.41) is 0. The highest BCUT2D eigenvalue weighted by atomic mass is 32.2. The average Bonchev–Trinajstić information content (AvgIpc) is 2.31. The molecule has 1 saturated heterocycles. The van der Waals surface area contributed by atoms with Crippen molar-refractivity contribution in [2.75, 3.05) is 0 Å². The van der Waals surface area contributed by atoms with E-state index in [4.69, 9.17) is 0 Å². The highest BCUT2D eigenvalue weighted by Gasteiger charge is 2.51. The van der Waals surface area contributed by atoms with Gasteiger partial charge in [-0.15, -0.1) is 0 Å². The van der Waals surface area contributed by atoms with Gasteiger partial charge in [-0.1, -0.05) is 13.8 Å². The van der Waals surface area contributed by atoms with Crippen LogP contribution in [0.15, 0.2) is 0 Å². The van der Waals surface area contributed by atoms with E-state index in [-0.39, 0.29) is 4.31 Å². The van der Waals surface area contributed by atoms with E-state index in [9.17, 15) is 26.8 Å². The number of hydrogen-bond acceptors (Lipinski definition) is 4. The summed E-state index contributed by atoms with van der Waals surface area (Å²) in [5.74, 6) is -7.71. The highest BCUT2D eigenvalue weighted by Crippen LogP contribution is 2.29. The van der Waals surface area contributed by atoms with E-state index in [1.807, 2.05) is 0 Å². The predicted octanol–water partition coefficient (Wildman–Crippen LogP) is 0.180. The first kappa shape index (κ1) is 12.0. The van der Waals surface area contributed by atoms with Gasteiger partial charge in [0.05, 0.1) is 0 Å². The van der Waals surface area contributed by atoms with Crippen molar-refractivity contribution in [3.05, 3.63) is 0 Å². The van der Waals surface area contributed by atoms with Crippen molar-refractivity contribution >= 4 is 21.8 Å². The molecule has 1 aliphatic heterocycles. The number of nitrogens with zero attached hydrogens (tertiary/aromatic N) is 1. The summed E-state index contributed by atoms with van der Waals surface area (Å²) in [6, 6.07) is 0. The Morgan fingerprint density at radius 1 is 1.13 bits per heavy atom. The van der Waals surface area contributed by atoms with E-state index in [1.165, 1.54) is 13.8 Å². The number of carbonyl (C=O) groups is 2. The van der Waals surface area contributed by atoms with Gasteiger partial charge in [-0.25, -0.2) is 0 Å². The Labute approximate surface area is 85.1 Å². The summed E-state index contributed by atoms with van der Waals surface area (Å²) in [7, 11) is -5.14. The van der Waals surface area contributed by atoms with Crippen molar-refractivity contribution in [1.29, 1.82) is 0 Å². The average molecular weight is 241 g/mol. The van der Waals surface area contributed by atoms with Gasteiger partial charge in [0, 0.05) is 11.8 Å². The Balaban J connectivity index is 3.19. The maximum absolute atomic E-state index is 12.1. The van der Waals surface area contributed by atoms with E-state index in [1.54, 1.807) is 0 Å². The zero-order valence-corrected chi connectivity index (χ0v) is 8.79. The molecule has 1 rings (SSSR count). The molecule has 1 aliphatic rings. The van der Waals surface area contributed by atoms with Crippen LogP contribution in [-0.2, 0) is 19.6 Å². The Hall–Kier alpha value is -1.05. The second kappa shape index (κ2) is 3.51. The molecule has 5 nitrogen and oxygen atoms in total. The second-order valence-corrected chi connectivity index (χ2v) is 5.08. The molecule has 0 radical (unpaired) electrons. The summed E-state index contributed by atoms with van der Waals surface area (Å²) in [4.78, 5) is 22.5. The Morgan fingerprint density at radius 2 is 1.47 bits per heavy atom. The molecule has 0 aliphatic carbocycles. The van der Waals surface area contributed by atoms with E-state index in [0.29, 0.717) is 0 Å². The fraction of sp³-hybridized carbons (Fsp3) is 0.714. The van der Waals surface area contributed by atoms with Gasteiger partial charge in [0.25, 0.3) is 0 Å². The van der Waals surface area contributed by atoms with Crippen molar-refractivity contribution in [2.45, 2.75) is 19.6 Å². The SMILES string of the molecule is CC1C(=O)N(S(=O)(=O)C(F)F)C(=O)C1C. The monoisotopic (exact) mass is 241 g/mol. The van der Waals surface area contributed by atoms with Crippen molar-refractivity contribution in [3.8, 4) is 0 Å². The quantitative estimate of drug-likeness (QED) is 0.646. The number of alkyl halides is 2. The molecule has 1 heterocycles. The van der Waals surface area contributed by atoms with Gasteiger partial charge in [-0.05, 0) is 0 Å². The molecule has 0 spiro atoms. The molecule has 2 unspecified atom stereocenters. The molecule has 8 heteroatoms. The van der Waals surface area contributed by atoms with E-state index < -0.39 is 39.4 Å². The molecule has 0 N–H and O–H groups in total. The Morgan fingerprint density at radius 3 is 1.73 bits per heavy atom. The number of rotatable bonds is 2. The van der Waals surface area contributed by atoms with E-state index >= 15 is 0 Å². The molecule has 86 valence electrons. The van der Waals surface area contributed by atoms with Crippen LogP contribution < -0.4 is 0 Å². The van der Waals surface area contributed by atoms with Gasteiger partial charge in [0.15, 0.2) is 0 Å². The largest absolute Gasteiger partial charge is 0.355 e. The number of amides is 2. The third-order valence-corrected chi connectivity index (χ3v) is 3.73. The molecule has 1 fully saturated rings. The summed E-state index contributed by atoms with van der Waals surface area (Å²) in [6.07, 6.45) is 0. The van der Waals surface area contributed by atoms with Crippen LogP contribution in [0, 0.1) is 11.8 Å². The predicted molar refractivity (Wildman–Crippen MR) is 45.1 cm³/mol. The lowest BCUT2D eigenvalue weighted by atomic mass is 10.00. The standard InChI is InChI=1S/C7H9F2NO4S/c1-3-4(2)6(12)10(5(3)11)15(13,14)7(8)9/h3-4,7H,1-2H3. The number of sulfonamides is 1. The van der Waals surface area contributed by atoms with Crippen LogP contribution in [-0.4, -0.2) is 30.3 Å². The topological polar surface area (TPSA) is 71.5 Å². The van der Waals surface area contributed by atoms with Gasteiger partial charge in [-0.3, -0.25) is 9.59 Å². The van der Waals surface area contributed by atoms with E-state index in [2.05, 4.69) is 0 Å². The zero-order valence-electron chi connectivity index (χ0n) is 7.98. The van der Waals surface area contributed by atoms with Crippen LogP contribution in [0.3, 0.4) is 0 Å². The Bertz CT molecular complexity index is 385. The van der Waals surface area contributed by atoms with Crippen LogP contribution in [0.1, 0.15) is 13.8 Å². The minimum absolute atomic E-state index is 0.313. The first-order valence-corrected chi connectivity index (χ1v) is 5.61. The van der Waals surface area contributed by atoms with Crippen LogP contribution >= 0.6 is 0 Å². The van der Waals surface area contributed by atoms with Gasteiger partial charge in [-0.2, -0.15) is 21.5 Å². The number of carbonyl (C=O) groups excluding carboxylic acids is 2. The third kappa shape index (κ3) is 1.62. The lowest BCUT2D eigenvalue weighted by Crippen LogP contribution is -2.40. The Kier molecular flexibility index (Phi) is 2.81. The van der Waals surface area contributed by atoms with Crippen molar-refractivity contribution in [1.82, 2.24) is 4.31 Å².